The van der Waals surface area contributed by atoms with Crippen LogP contribution in [0.1, 0.15) is 11.4 Å². The molecule has 0 aliphatic heterocycles. The van der Waals surface area contributed by atoms with Gasteiger partial charge in [-0.25, -0.2) is 0 Å². The van der Waals surface area contributed by atoms with Gasteiger partial charge in [-0.2, -0.15) is 0 Å². The van der Waals surface area contributed by atoms with Gasteiger partial charge in [-0.05, 0) is 48.5 Å². The lowest BCUT2D eigenvalue weighted by molar-refractivity contribution is 0.959. The van der Waals surface area contributed by atoms with E-state index < -0.39 is 0 Å². The molecular weight excluding hydrogens is 396 g/mol. The molecule has 2 aromatic heterocycles. The van der Waals surface area contributed by atoms with E-state index in [1.54, 1.807) is 0 Å². The van der Waals surface area contributed by atoms with Gasteiger partial charge in [-0.15, -0.1) is 10.2 Å². The van der Waals surface area contributed by atoms with Gasteiger partial charge in [0.25, 0.3) is 0 Å². The first-order chi connectivity index (χ1) is 15.9. The maximum atomic E-state index is 4.52. The zero-order chi connectivity index (χ0) is 21.8. The Balaban J connectivity index is 1.39. The minimum absolute atomic E-state index is 0.773. The lowest BCUT2D eigenvalue weighted by Crippen LogP contribution is -2.06. The first kappa shape index (κ1) is 21.2. The minimum Gasteiger partial charge on any atom is -0.383 e. The fourth-order valence-corrected chi connectivity index (χ4v) is 3.27. The van der Waals surface area contributed by atoms with Crippen molar-refractivity contribution >= 4 is 22.7 Å². The largest absolute Gasteiger partial charge is 0.383 e. The van der Waals surface area contributed by atoms with Crippen molar-refractivity contribution in [2.45, 2.75) is 12.8 Å². The molecule has 2 N–H and O–H groups in total. The number of hydrogen-bond acceptors (Lipinski definition) is 6. The summed E-state index contributed by atoms with van der Waals surface area (Å²) < 4.78 is 0. The summed E-state index contributed by atoms with van der Waals surface area (Å²) >= 11 is 0. The van der Waals surface area contributed by atoms with Gasteiger partial charge in [0.15, 0.2) is 0 Å². The first-order valence-electron chi connectivity index (χ1n) is 10.8. The van der Waals surface area contributed by atoms with Gasteiger partial charge in [-0.3, -0.25) is 9.97 Å². The van der Waals surface area contributed by atoms with E-state index in [2.05, 4.69) is 30.8 Å². The highest BCUT2D eigenvalue weighted by Crippen LogP contribution is 2.30. The number of nitrogens with one attached hydrogen (secondary N) is 2. The highest BCUT2D eigenvalue weighted by Gasteiger charge is 2.04. The predicted octanol–water partition coefficient (Wildman–Crippen LogP) is 6.20. The molecular formula is C26H26N6. The molecule has 160 valence electrons. The third kappa shape index (κ3) is 6.22. The molecule has 0 saturated heterocycles. The SMILES string of the molecule is c1ccc(CCNc2ccccc2N=Nc2ccccc2NCCc2ccccn2)nc1. The molecule has 0 bridgehead atoms. The third-order valence-electron chi connectivity index (χ3n) is 4.92. The summed E-state index contributed by atoms with van der Waals surface area (Å²) in [5.41, 5.74) is 5.63. The summed E-state index contributed by atoms with van der Waals surface area (Å²) in [5.74, 6) is 0. The van der Waals surface area contributed by atoms with Gasteiger partial charge < -0.3 is 10.6 Å². The molecule has 0 aliphatic rings. The smallest absolute Gasteiger partial charge is 0.109 e. The highest BCUT2D eigenvalue weighted by atomic mass is 15.1. The van der Waals surface area contributed by atoms with Crippen molar-refractivity contribution in [3.8, 4) is 0 Å². The zero-order valence-corrected chi connectivity index (χ0v) is 17.9. The normalized spacial score (nSPS) is 10.9. The van der Waals surface area contributed by atoms with Gasteiger partial charge in [0.1, 0.15) is 11.4 Å². The monoisotopic (exact) mass is 422 g/mol. The van der Waals surface area contributed by atoms with Crippen molar-refractivity contribution < 1.29 is 0 Å². The molecule has 0 amide bonds. The average Bonchev–Trinajstić information content (AvgIpc) is 2.85. The Hall–Kier alpha value is -4.06. The number of azo groups is 1. The van der Waals surface area contributed by atoms with E-state index >= 15 is 0 Å². The van der Waals surface area contributed by atoms with E-state index in [9.17, 15) is 0 Å². The summed E-state index contributed by atoms with van der Waals surface area (Å²) in [7, 11) is 0. The number of hydrogen-bond donors (Lipinski definition) is 2. The van der Waals surface area contributed by atoms with Gasteiger partial charge >= 0.3 is 0 Å². The molecule has 0 radical (unpaired) electrons. The standard InChI is InChI=1S/C26H26N6/c1-3-13-25(23(11-1)29-19-15-21-9-5-7-17-27-21)31-32-26-14-4-2-12-24(26)30-20-16-22-10-6-8-18-28-22/h1-14,17-18,29-30H,15-16,19-20H2. The quantitative estimate of drug-likeness (QED) is 0.298. The fourth-order valence-electron chi connectivity index (χ4n) is 3.27. The molecule has 4 rings (SSSR count). The van der Waals surface area contributed by atoms with Crippen molar-refractivity contribution in [3.05, 3.63) is 109 Å². The zero-order valence-electron chi connectivity index (χ0n) is 17.9. The molecule has 6 nitrogen and oxygen atoms in total. The third-order valence-corrected chi connectivity index (χ3v) is 4.92. The van der Waals surface area contributed by atoms with E-state index in [-0.39, 0.29) is 0 Å². The summed E-state index contributed by atoms with van der Waals surface area (Å²) in [4.78, 5) is 8.74. The van der Waals surface area contributed by atoms with Crippen LogP contribution in [0.2, 0.25) is 0 Å². The van der Waals surface area contributed by atoms with Gasteiger partial charge in [0, 0.05) is 49.7 Å². The summed E-state index contributed by atoms with van der Waals surface area (Å²) in [6.07, 6.45) is 5.32. The van der Waals surface area contributed by atoms with Crippen molar-refractivity contribution in [3.63, 3.8) is 0 Å². The lowest BCUT2D eigenvalue weighted by Gasteiger charge is -2.10. The van der Waals surface area contributed by atoms with Crippen LogP contribution in [0.3, 0.4) is 0 Å². The second-order valence-electron chi connectivity index (χ2n) is 7.23. The van der Waals surface area contributed by atoms with E-state index in [1.165, 1.54) is 0 Å². The molecule has 2 aromatic carbocycles. The van der Waals surface area contributed by atoms with E-state index in [4.69, 9.17) is 0 Å². The van der Waals surface area contributed by atoms with Crippen LogP contribution >= 0.6 is 0 Å². The van der Waals surface area contributed by atoms with Crippen molar-refractivity contribution in [1.82, 2.24) is 9.97 Å². The summed E-state index contributed by atoms with van der Waals surface area (Å²) in [5, 5.41) is 15.9. The van der Waals surface area contributed by atoms with Crippen LogP contribution in [-0.2, 0) is 12.8 Å². The number of nitrogens with zero attached hydrogens (tertiary/aromatic N) is 4. The molecule has 32 heavy (non-hydrogen) atoms. The maximum Gasteiger partial charge on any atom is 0.109 e. The van der Waals surface area contributed by atoms with E-state index in [0.717, 1.165) is 60.1 Å². The molecule has 0 unspecified atom stereocenters. The van der Waals surface area contributed by atoms with Gasteiger partial charge in [0.05, 0.1) is 11.4 Å². The lowest BCUT2D eigenvalue weighted by atomic mass is 10.2. The Morgan fingerprint density at radius 1 is 0.531 bits per heavy atom. The van der Waals surface area contributed by atoms with Crippen molar-refractivity contribution in [2.75, 3.05) is 23.7 Å². The van der Waals surface area contributed by atoms with Gasteiger partial charge in [0.2, 0.25) is 0 Å². The van der Waals surface area contributed by atoms with Crippen LogP contribution in [-0.4, -0.2) is 23.1 Å². The number of aromatic nitrogens is 2. The second kappa shape index (κ2) is 11.4. The van der Waals surface area contributed by atoms with Crippen LogP contribution in [0.25, 0.3) is 0 Å². The minimum atomic E-state index is 0.773. The number of para-hydroxylation sites is 2. The van der Waals surface area contributed by atoms with Crippen molar-refractivity contribution in [1.29, 1.82) is 0 Å². The van der Waals surface area contributed by atoms with E-state index in [1.807, 2.05) is 97.3 Å². The second-order valence-corrected chi connectivity index (χ2v) is 7.23. The number of anilines is 2. The molecule has 0 saturated carbocycles. The molecule has 4 aromatic rings. The Morgan fingerprint density at radius 2 is 0.969 bits per heavy atom. The van der Waals surface area contributed by atoms with Crippen LogP contribution < -0.4 is 10.6 Å². The van der Waals surface area contributed by atoms with Gasteiger partial charge in [-0.1, -0.05) is 36.4 Å². The number of benzene rings is 2. The maximum absolute atomic E-state index is 4.52. The Morgan fingerprint density at radius 3 is 1.41 bits per heavy atom. The molecule has 2 heterocycles. The predicted molar refractivity (Wildman–Crippen MR) is 130 cm³/mol. The summed E-state index contributed by atoms with van der Waals surface area (Å²) in [6.45, 7) is 1.55. The number of pyridine rings is 2. The average molecular weight is 423 g/mol. The van der Waals surface area contributed by atoms with Crippen molar-refractivity contribution in [2.24, 2.45) is 10.2 Å². The van der Waals surface area contributed by atoms with E-state index in [0.29, 0.717) is 0 Å². The van der Waals surface area contributed by atoms with Crippen LogP contribution in [0.15, 0.2) is 108 Å². The fraction of sp³-hybridized carbons (Fsp3) is 0.154. The Labute approximate surface area is 188 Å². The van der Waals surface area contributed by atoms with Crippen LogP contribution in [0, 0.1) is 0 Å². The highest BCUT2D eigenvalue weighted by molar-refractivity contribution is 5.67. The Bertz CT molecular complexity index is 1040. The van der Waals surface area contributed by atoms with Crippen LogP contribution in [0.5, 0.6) is 0 Å². The molecule has 0 atom stereocenters. The first-order valence-corrected chi connectivity index (χ1v) is 10.8. The Kier molecular flexibility index (Phi) is 7.52. The van der Waals surface area contributed by atoms with Crippen LogP contribution in [0.4, 0.5) is 22.7 Å². The molecule has 0 aliphatic carbocycles. The number of rotatable bonds is 10. The molecule has 0 spiro atoms. The molecule has 6 heteroatoms. The molecule has 0 fully saturated rings. The summed E-state index contributed by atoms with van der Waals surface area (Å²) in [6, 6.07) is 27.8. The topological polar surface area (TPSA) is 74.6 Å².